The van der Waals surface area contributed by atoms with Crippen molar-refractivity contribution in [2.24, 2.45) is 0 Å². The molecule has 0 saturated carbocycles. The smallest absolute Gasteiger partial charge is 0.197 e. The maximum Gasteiger partial charge on any atom is 0.197 e. The summed E-state index contributed by atoms with van der Waals surface area (Å²) in [5.41, 5.74) is 1.78. The van der Waals surface area contributed by atoms with E-state index in [4.69, 9.17) is 0 Å². The zero-order valence-electron chi connectivity index (χ0n) is 10.1. The molecular weight excluding hydrogens is 224 g/mol. The average Bonchev–Trinajstić information content (AvgIpc) is 2.41. The molecule has 2 rings (SSSR count). The second-order valence-electron chi connectivity index (χ2n) is 3.91. The van der Waals surface area contributed by atoms with Crippen molar-refractivity contribution < 1.29 is 9.90 Å². The zero-order chi connectivity index (χ0) is 13.0. The summed E-state index contributed by atoms with van der Waals surface area (Å²) in [6, 6.07) is 16.0. The molecule has 0 aliphatic carbocycles. The zero-order valence-corrected chi connectivity index (χ0v) is 10.1. The Labute approximate surface area is 106 Å². The van der Waals surface area contributed by atoms with Crippen LogP contribution in [0.25, 0.3) is 5.57 Å². The van der Waals surface area contributed by atoms with Crippen LogP contribution in [0.1, 0.15) is 22.8 Å². The monoisotopic (exact) mass is 238 g/mol. The maximum atomic E-state index is 12.4. The van der Waals surface area contributed by atoms with Gasteiger partial charge in [0.1, 0.15) is 5.75 Å². The van der Waals surface area contributed by atoms with Crippen molar-refractivity contribution in [3.05, 3.63) is 71.8 Å². The van der Waals surface area contributed by atoms with E-state index >= 15 is 0 Å². The molecular formula is C16H14O2. The molecule has 0 aliphatic heterocycles. The number of phenols is 1. The van der Waals surface area contributed by atoms with Crippen LogP contribution in [0.15, 0.2) is 60.7 Å². The fourth-order valence-electron chi connectivity index (χ4n) is 1.86. The summed E-state index contributed by atoms with van der Waals surface area (Å²) >= 11 is 0. The number of carbonyl (C=O) groups excluding carboxylic acids is 1. The van der Waals surface area contributed by atoms with Gasteiger partial charge in [-0.2, -0.15) is 0 Å². The van der Waals surface area contributed by atoms with Gasteiger partial charge in [0, 0.05) is 5.57 Å². The van der Waals surface area contributed by atoms with E-state index in [9.17, 15) is 9.90 Å². The largest absolute Gasteiger partial charge is 0.507 e. The van der Waals surface area contributed by atoms with Crippen LogP contribution in [0.2, 0.25) is 0 Å². The fraction of sp³-hybridized carbons (Fsp3) is 0.0625. The van der Waals surface area contributed by atoms with E-state index in [1.807, 2.05) is 37.3 Å². The highest BCUT2D eigenvalue weighted by Crippen LogP contribution is 2.24. The Hall–Kier alpha value is -2.35. The Balaban J connectivity index is 2.42. The van der Waals surface area contributed by atoms with Gasteiger partial charge in [-0.25, -0.2) is 0 Å². The van der Waals surface area contributed by atoms with Gasteiger partial charge in [-0.15, -0.1) is 0 Å². The first-order valence-electron chi connectivity index (χ1n) is 5.78. The van der Waals surface area contributed by atoms with E-state index in [0.29, 0.717) is 11.1 Å². The summed E-state index contributed by atoms with van der Waals surface area (Å²) in [5.74, 6) is -0.153. The molecule has 1 N–H and O–H groups in total. The van der Waals surface area contributed by atoms with E-state index < -0.39 is 0 Å². The minimum atomic E-state index is -0.165. The number of aromatic hydroxyl groups is 1. The molecule has 18 heavy (non-hydrogen) atoms. The molecule has 2 heteroatoms. The molecule has 0 heterocycles. The van der Waals surface area contributed by atoms with Gasteiger partial charge in [0.05, 0.1) is 5.56 Å². The number of para-hydroxylation sites is 1. The molecule has 2 aromatic rings. The minimum Gasteiger partial charge on any atom is -0.507 e. The second kappa shape index (κ2) is 5.32. The Morgan fingerprint density at radius 3 is 2.22 bits per heavy atom. The van der Waals surface area contributed by atoms with Crippen molar-refractivity contribution >= 4 is 11.4 Å². The molecule has 0 saturated heterocycles. The molecule has 0 bridgehead atoms. The standard InChI is InChI=1S/C16H14O2/c1-2-13(12-8-4-3-5-9-12)16(18)14-10-6-7-11-15(14)17/h2-11,17H,1H3/b13-2+. The number of carbonyl (C=O) groups is 1. The Bertz CT molecular complexity index is 583. The van der Waals surface area contributed by atoms with E-state index in [0.717, 1.165) is 5.56 Å². The predicted octanol–water partition coefficient (Wildman–Crippen LogP) is 3.68. The van der Waals surface area contributed by atoms with E-state index in [1.54, 1.807) is 24.3 Å². The van der Waals surface area contributed by atoms with Crippen molar-refractivity contribution in [2.45, 2.75) is 6.92 Å². The number of benzene rings is 2. The Kier molecular flexibility index (Phi) is 3.58. The summed E-state index contributed by atoms with van der Waals surface area (Å²) in [6.07, 6.45) is 1.77. The van der Waals surface area contributed by atoms with Gasteiger partial charge in [-0.05, 0) is 24.6 Å². The van der Waals surface area contributed by atoms with E-state index in [1.165, 1.54) is 6.07 Å². The number of rotatable bonds is 3. The normalized spacial score (nSPS) is 11.3. The lowest BCUT2D eigenvalue weighted by Crippen LogP contribution is -2.02. The number of hydrogen-bond donors (Lipinski definition) is 1. The van der Waals surface area contributed by atoms with Gasteiger partial charge < -0.3 is 5.11 Å². The summed E-state index contributed by atoms with van der Waals surface area (Å²) in [7, 11) is 0. The predicted molar refractivity (Wildman–Crippen MR) is 72.5 cm³/mol. The quantitative estimate of drug-likeness (QED) is 0.654. The van der Waals surface area contributed by atoms with Crippen LogP contribution in [0.4, 0.5) is 0 Å². The SMILES string of the molecule is C/C=C(/C(=O)c1ccccc1O)c1ccccc1. The maximum absolute atomic E-state index is 12.4. The highest BCUT2D eigenvalue weighted by Gasteiger charge is 2.16. The summed E-state index contributed by atoms with van der Waals surface area (Å²) in [5, 5.41) is 9.72. The topological polar surface area (TPSA) is 37.3 Å². The van der Waals surface area contributed by atoms with Crippen molar-refractivity contribution in [3.8, 4) is 5.75 Å². The third-order valence-electron chi connectivity index (χ3n) is 2.77. The third kappa shape index (κ3) is 2.33. The van der Waals surface area contributed by atoms with Gasteiger partial charge in [-0.1, -0.05) is 48.5 Å². The van der Waals surface area contributed by atoms with Crippen molar-refractivity contribution in [1.29, 1.82) is 0 Å². The van der Waals surface area contributed by atoms with E-state index in [2.05, 4.69) is 0 Å². The van der Waals surface area contributed by atoms with E-state index in [-0.39, 0.29) is 11.5 Å². The number of Topliss-reactive ketones (excluding diaryl/α,β-unsaturated/α-hetero) is 1. The molecule has 2 nitrogen and oxygen atoms in total. The van der Waals surface area contributed by atoms with Crippen molar-refractivity contribution in [2.75, 3.05) is 0 Å². The molecule has 0 fully saturated rings. The number of ketones is 1. The van der Waals surface area contributed by atoms with Crippen LogP contribution in [0.5, 0.6) is 5.75 Å². The lowest BCUT2D eigenvalue weighted by atomic mass is 9.96. The van der Waals surface area contributed by atoms with Crippen LogP contribution in [0.3, 0.4) is 0 Å². The van der Waals surface area contributed by atoms with Gasteiger partial charge in [0.15, 0.2) is 5.78 Å². The van der Waals surface area contributed by atoms with Gasteiger partial charge in [-0.3, -0.25) is 4.79 Å². The molecule has 0 radical (unpaired) electrons. The first kappa shape index (κ1) is 12.1. The van der Waals surface area contributed by atoms with Gasteiger partial charge in [0.25, 0.3) is 0 Å². The summed E-state index contributed by atoms with van der Waals surface area (Å²) in [6.45, 7) is 1.82. The van der Waals surface area contributed by atoms with Gasteiger partial charge >= 0.3 is 0 Å². The van der Waals surface area contributed by atoms with Gasteiger partial charge in [0.2, 0.25) is 0 Å². The molecule has 0 amide bonds. The minimum absolute atomic E-state index is 0.0118. The first-order valence-corrected chi connectivity index (χ1v) is 5.78. The van der Waals surface area contributed by atoms with Crippen LogP contribution in [-0.4, -0.2) is 10.9 Å². The second-order valence-corrected chi connectivity index (χ2v) is 3.91. The molecule has 0 aromatic heterocycles. The number of allylic oxidation sites excluding steroid dienone is 2. The number of hydrogen-bond acceptors (Lipinski definition) is 2. The molecule has 2 aromatic carbocycles. The molecule has 0 aliphatic rings. The molecule has 0 spiro atoms. The highest BCUT2D eigenvalue weighted by molar-refractivity contribution is 6.29. The summed E-state index contributed by atoms with van der Waals surface area (Å²) < 4.78 is 0. The first-order chi connectivity index (χ1) is 8.74. The third-order valence-corrected chi connectivity index (χ3v) is 2.77. The lowest BCUT2D eigenvalue weighted by molar-refractivity contribution is 0.105. The van der Waals surface area contributed by atoms with Crippen molar-refractivity contribution in [1.82, 2.24) is 0 Å². The fourth-order valence-corrected chi connectivity index (χ4v) is 1.86. The van der Waals surface area contributed by atoms with Crippen LogP contribution >= 0.6 is 0 Å². The summed E-state index contributed by atoms with van der Waals surface area (Å²) in [4.78, 5) is 12.4. The van der Waals surface area contributed by atoms with Crippen LogP contribution in [-0.2, 0) is 0 Å². The Morgan fingerprint density at radius 1 is 1.00 bits per heavy atom. The molecule has 0 atom stereocenters. The molecule has 0 unspecified atom stereocenters. The number of phenolic OH excluding ortho intramolecular Hbond substituents is 1. The average molecular weight is 238 g/mol. The Morgan fingerprint density at radius 2 is 1.61 bits per heavy atom. The van der Waals surface area contributed by atoms with Crippen LogP contribution in [0, 0.1) is 0 Å². The van der Waals surface area contributed by atoms with Crippen molar-refractivity contribution in [3.63, 3.8) is 0 Å². The highest BCUT2D eigenvalue weighted by atomic mass is 16.3. The lowest BCUT2D eigenvalue weighted by Gasteiger charge is -2.07. The van der Waals surface area contributed by atoms with Crippen LogP contribution < -0.4 is 0 Å². The molecule has 90 valence electrons.